The molecule has 15 heavy (non-hydrogen) atoms. The number of carboxylic acids is 1. The van der Waals surface area contributed by atoms with E-state index in [9.17, 15) is 9.90 Å². The standard InChI is InChI=1S/C12H21NO2/c1-3-5-12(11(14)15)6-9-13(8-4-2)10-7-12/h4H,2-3,5-10H2,1H3,(H,14,15). The quantitative estimate of drug-likeness (QED) is 0.708. The van der Waals surface area contributed by atoms with Crippen LogP contribution in [0.15, 0.2) is 12.7 Å². The minimum absolute atomic E-state index is 0.452. The smallest absolute Gasteiger partial charge is 0.309 e. The van der Waals surface area contributed by atoms with Crippen LogP contribution in [0.3, 0.4) is 0 Å². The van der Waals surface area contributed by atoms with Gasteiger partial charge in [0.05, 0.1) is 5.41 Å². The van der Waals surface area contributed by atoms with E-state index in [0.29, 0.717) is 0 Å². The SMILES string of the molecule is C=CCN1CCC(CCC)(C(=O)O)CC1. The van der Waals surface area contributed by atoms with E-state index in [1.165, 1.54) is 0 Å². The van der Waals surface area contributed by atoms with Crippen molar-refractivity contribution in [2.24, 2.45) is 5.41 Å². The maximum atomic E-state index is 11.3. The van der Waals surface area contributed by atoms with Gasteiger partial charge in [-0.15, -0.1) is 6.58 Å². The van der Waals surface area contributed by atoms with Gasteiger partial charge in [0.1, 0.15) is 0 Å². The van der Waals surface area contributed by atoms with E-state index in [1.54, 1.807) is 0 Å². The van der Waals surface area contributed by atoms with Crippen molar-refractivity contribution in [3.63, 3.8) is 0 Å². The van der Waals surface area contributed by atoms with Crippen LogP contribution in [0, 0.1) is 5.41 Å². The van der Waals surface area contributed by atoms with Crippen molar-refractivity contribution in [3.8, 4) is 0 Å². The summed E-state index contributed by atoms with van der Waals surface area (Å²) in [6, 6.07) is 0. The van der Waals surface area contributed by atoms with E-state index < -0.39 is 11.4 Å². The second-order valence-corrected chi connectivity index (χ2v) is 4.42. The Morgan fingerprint density at radius 1 is 1.53 bits per heavy atom. The topological polar surface area (TPSA) is 40.5 Å². The lowest BCUT2D eigenvalue weighted by atomic mass is 9.75. The second kappa shape index (κ2) is 5.31. The van der Waals surface area contributed by atoms with E-state index in [2.05, 4.69) is 18.4 Å². The maximum Gasteiger partial charge on any atom is 0.309 e. The van der Waals surface area contributed by atoms with Gasteiger partial charge in [0, 0.05) is 6.54 Å². The molecule has 1 rings (SSSR count). The third-order valence-electron chi connectivity index (χ3n) is 3.38. The van der Waals surface area contributed by atoms with Crippen LogP contribution in [0.4, 0.5) is 0 Å². The Kier molecular flexibility index (Phi) is 4.33. The highest BCUT2D eigenvalue weighted by Crippen LogP contribution is 2.36. The molecule has 1 saturated heterocycles. The van der Waals surface area contributed by atoms with Gasteiger partial charge in [-0.3, -0.25) is 9.69 Å². The van der Waals surface area contributed by atoms with Crippen LogP contribution < -0.4 is 0 Å². The number of rotatable bonds is 5. The molecule has 1 heterocycles. The number of aliphatic carboxylic acids is 1. The van der Waals surface area contributed by atoms with Crippen LogP contribution in [0.1, 0.15) is 32.6 Å². The van der Waals surface area contributed by atoms with Crippen LogP contribution >= 0.6 is 0 Å². The lowest BCUT2D eigenvalue weighted by Gasteiger charge is -2.38. The van der Waals surface area contributed by atoms with E-state index >= 15 is 0 Å². The molecular formula is C12H21NO2. The van der Waals surface area contributed by atoms with E-state index in [0.717, 1.165) is 45.3 Å². The molecule has 0 radical (unpaired) electrons. The molecule has 3 heteroatoms. The minimum atomic E-state index is -0.609. The summed E-state index contributed by atoms with van der Waals surface area (Å²) >= 11 is 0. The summed E-state index contributed by atoms with van der Waals surface area (Å²) in [6.07, 6.45) is 5.21. The molecule has 0 aliphatic carbocycles. The summed E-state index contributed by atoms with van der Waals surface area (Å²) < 4.78 is 0. The summed E-state index contributed by atoms with van der Waals surface area (Å²) in [7, 11) is 0. The summed E-state index contributed by atoms with van der Waals surface area (Å²) in [4.78, 5) is 13.6. The fraction of sp³-hybridized carbons (Fsp3) is 0.750. The van der Waals surface area contributed by atoms with Crippen LogP contribution in [-0.2, 0) is 4.79 Å². The van der Waals surface area contributed by atoms with Crippen molar-refractivity contribution in [3.05, 3.63) is 12.7 Å². The second-order valence-electron chi connectivity index (χ2n) is 4.42. The molecule has 0 aromatic rings. The molecule has 0 aromatic carbocycles. The number of hydrogen-bond donors (Lipinski definition) is 1. The summed E-state index contributed by atoms with van der Waals surface area (Å²) in [5.41, 5.74) is -0.452. The molecule has 0 aromatic heterocycles. The van der Waals surface area contributed by atoms with Crippen LogP contribution in [0.25, 0.3) is 0 Å². The fourth-order valence-corrected chi connectivity index (χ4v) is 2.40. The lowest BCUT2D eigenvalue weighted by molar-refractivity contribution is -0.152. The molecule has 0 bridgehead atoms. The third-order valence-corrected chi connectivity index (χ3v) is 3.38. The average molecular weight is 211 g/mol. The van der Waals surface area contributed by atoms with Crippen molar-refractivity contribution < 1.29 is 9.90 Å². The molecule has 86 valence electrons. The average Bonchev–Trinajstić information content (AvgIpc) is 2.21. The molecular weight excluding hydrogens is 190 g/mol. The highest BCUT2D eigenvalue weighted by Gasteiger charge is 2.40. The fourth-order valence-electron chi connectivity index (χ4n) is 2.40. The normalized spacial score (nSPS) is 21.1. The van der Waals surface area contributed by atoms with Crippen molar-refractivity contribution >= 4 is 5.97 Å². The first-order chi connectivity index (χ1) is 7.14. The molecule has 1 aliphatic rings. The Morgan fingerprint density at radius 3 is 2.53 bits per heavy atom. The van der Waals surface area contributed by atoms with Gasteiger partial charge in [-0.1, -0.05) is 19.4 Å². The van der Waals surface area contributed by atoms with E-state index in [1.807, 2.05) is 6.08 Å². The molecule has 1 aliphatic heterocycles. The van der Waals surface area contributed by atoms with Crippen molar-refractivity contribution in [2.75, 3.05) is 19.6 Å². The minimum Gasteiger partial charge on any atom is -0.481 e. The first kappa shape index (κ1) is 12.2. The first-order valence-electron chi connectivity index (χ1n) is 5.71. The highest BCUT2D eigenvalue weighted by atomic mass is 16.4. The summed E-state index contributed by atoms with van der Waals surface area (Å²) in [5, 5.41) is 9.30. The van der Waals surface area contributed by atoms with E-state index in [4.69, 9.17) is 0 Å². The van der Waals surface area contributed by atoms with Gasteiger partial charge >= 0.3 is 5.97 Å². The van der Waals surface area contributed by atoms with Gasteiger partial charge in [-0.25, -0.2) is 0 Å². The number of carbonyl (C=O) groups is 1. The van der Waals surface area contributed by atoms with E-state index in [-0.39, 0.29) is 0 Å². The molecule has 0 spiro atoms. The zero-order valence-electron chi connectivity index (χ0n) is 9.54. The highest BCUT2D eigenvalue weighted by molar-refractivity contribution is 5.74. The van der Waals surface area contributed by atoms with Gasteiger partial charge in [0.2, 0.25) is 0 Å². The van der Waals surface area contributed by atoms with Gasteiger partial charge in [-0.2, -0.15) is 0 Å². The zero-order chi connectivity index (χ0) is 11.3. The van der Waals surface area contributed by atoms with Gasteiger partial charge in [-0.05, 0) is 32.4 Å². The van der Waals surface area contributed by atoms with Crippen LogP contribution in [0.5, 0.6) is 0 Å². The van der Waals surface area contributed by atoms with Crippen molar-refractivity contribution in [1.82, 2.24) is 4.90 Å². The molecule has 0 amide bonds. The van der Waals surface area contributed by atoms with Crippen molar-refractivity contribution in [1.29, 1.82) is 0 Å². The molecule has 0 unspecified atom stereocenters. The zero-order valence-corrected chi connectivity index (χ0v) is 9.54. The van der Waals surface area contributed by atoms with Gasteiger partial charge in [0.15, 0.2) is 0 Å². The Labute approximate surface area is 91.8 Å². The third kappa shape index (κ3) is 2.81. The molecule has 0 saturated carbocycles. The Balaban J connectivity index is 2.57. The Morgan fingerprint density at radius 2 is 2.13 bits per heavy atom. The number of nitrogens with zero attached hydrogens (tertiary/aromatic N) is 1. The van der Waals surface area contributed by atoms with Crippen LogP contribution in [-0.4, -0.2) is 35.6 Å². The summed E-state index contributed by atoms with van der Waals surface area (Å²) in [6.45, 7) is 8.41. The molecule has 1 N–H and O–H groups in total. The van der Waals surface area contributed by atoms with Gasteiger partial charge < -0.3 is 5.11 Å². The lowest BCUT2D eigenvalue weighted by Crippen LogP contribution is -2.44. The Bertz CT molecular complexity index is 230. The number of piperidine rings is 1. The van der Waals surface area contributed by atoms with Crippen LogP contribution in [0.2, 0.25) is 0 Å². The molecule has 0 atom stereocenters. The number of likely N-dealkylation sites (tertiary alicyclic amines) is 1. The van der Waals surface area contributed by atoms with Gasteiger partial charge in [0.25, 0.3) is 0 Å². The first-order valence-corrected chi connectivity index (χ1v) is 5.71. The Hall–Kier alpha value is -0.830. The maximum absolute atomic E-state index is 11.3. The number of hydrogen-bond acceptors (Lipinski definition) is 2. The summed E-state index contributed by atoms with van der Waals surface area (Å²) in [5.74, 6) is -0.609. The largest absolute Gasteiger partial charge is 0.481 e. The van der Waals surface area contributed by atoms with Crippen molar-refractivity contribution in [2.45, 2.75) is 32.6 Å². The molecule has 3 nitrogen and oxygen atoms in total. The monoisotopic (exact) mass is 211 g/mol. The predicted molar refractivity (Wildman–Crippen MR) is 60.8 cm³/mol. The molecule has 1 fully saturated rings. The number of carboxylic acid groups (broad SMARTS) is 1. The predicted octanol–water partition coefficient (Wildman–Crippen LogP) is 2.14.